The van der Waals surface area contributed by atoms with E-state index in [0.717, 1.165) is 18.4 Å². The number of rotatable bonds is 3. The van der Waals surface area contributed by atoms with Crippen LogP contribution in [0.15, 0.2) is 24.3 Å². The third kappa shape index (κ3) is 3.00. The van der Waals surface area contributed by atoms with Crippen LogP contribution in [0.3, 0.4) is 0 Å². The van der Waals surface area contributed by atoms with E-state index in [4.69, 9.17) is 0 Å². The van der Waals surface area contributed by atoms with E-state index < -0.39 is 0 Å². The lowest BCUT2D eigenvalue weighted by atomic mass is 9.95. The molecule has 1 atom stereocenters. The highest BCUT2D eigenvalue weighted by Crippen LogP contribution is 2.25. The summed E-state index contributed by atoms with van der Waals surface area (Å²) in [5, 5.41) is 3.40. The Morgan fingerprint density at radius 1 is 1.14 bits per heavy atom. The standard InChI is InChI=1S/C17H22N2O2/c1-12-6-5-9-14(10-12)19-16(20)11-15(17(19)21)18-13-7-3-2-4-8-13/h5-6,9-10,13,15,18H,2-4,7-8,11H2,1H3/t15-/m1/s1. The Labute approximate surface area is 125 Å². The van der Waals surface area contributed by atoms with Gasteiger partial charge in [0.05, 0.1) is 18.2 Å². The van der Waals surface area contributed by atoms with Crippen LogP contribution in [0, 0.1) is 6.92 Å². The molecule has 21 heavy (non-hydrogen) atoms. The van der Waals surface area contributed by atoms with Crippen molar-refractivity contribution in [2.24, 2.45) is 0 Å². The van der Waals surface area contributed by atoms with Gasteiger partial charge in [-0.2, -0.15) is 0 Å². The first-order chi connectivity index (χ1) is 10.1. The molecule has 1 N–H and O–H groups in total. The van der Waals surface area contributed by atoms with E-state index in [2.05, 4.69) is 5.32 Å². The zero-order valence-electron chi connectivity index (χ0n) is 12.5. The second-order valence-corrected chi connectivity index (χ2v) is 6.16. The number of carbonyl (C=O) groups is 2. The Bertz CT molecular complexity index is 549. The van der Waals surface area contributed by atoms with Gasteiger partial charge in [0.15, 0.2) is 0 Å². The summed E-state index contributed by atoms with van der Waals surface area (Å²) in [7, 11) is 0. The average molecular weight is 286 g/mol. The average Bonchev–Trinajstić information content (AvgIpc) is 2.74. The van der Waals surface area contributed by atoms with Gasteiger partial charge < -0.3 is 5.32 Å². The molecule has 1 aliphatic carbocycles. The van der Waals surface area contributed by atoms with Crippen LogP contribution in [-0.4, -0.2) is 23.9 Å². The van der Waals surface area contributed by atoms with Crippen molar-refractivity contribution in [3.05, 3.63) is 29.8 Å². The summed E-state index contributed by atoms with van der Waals surface area (Å²) in [4.78, 5) is 26.1. The molecule has 2 amide bonds. The minimum Gasteiger partial charge on any atom is -0.303 e. The molecule has 0 bridgehead atoms. The summed E-state index contributed by atoms with van der Waals surface area (Å²) in [6.45, 7) is 1.96. The molecule has 0 radical (unpaired) electrons. The molecule has 1 heterocycles. The number of anilines is 1. The fourth-order valence-electron chi connectivity index (χ4n) is 3.35. The highest BCUT2D eigenvalue weighted by molar-refractivity contribution is 6.22. The van der Waals surface area contributed by atoms with Gasteiger partial charge in [0.25, 0.3) is 5.91 Å². The number of nitrogens with zero attached hydrogens (tertiary/aromatic N) is 1. The maximum atomic E-state index is 12.5. The van der Waals surface area contributed by atoms with E-state index in [1.807, 2.05) is 31.2 Å². The van der Waals surface area contributed by atoms with Gasteiger partial charge in [-0.1, -0.05) is 31.4 Å². The van der Waals surface area contributed by atoms with E-state index >= 15 is 0 Å². The van der Waals surface area contributed by atoms with E-state index in [9.17, 15) is 9.59 Å². The van der Waals surface area contributed by atoms with Crippen LogP contribution >= 0.6 is 0 Å². The molecule has 1 aliphatic heterocycles. The van der Waals surface area contributed by atoms with E-state index in [-0.39, 0.29) is 24.3 Å². The van der Waals surface area contributed by atoms with Crippen LogP contribution in [0.5, 0.6) is 0 Å². The maximum absolute atomic E-state index is 12.5. The van der Waals surface area contributed by atoms with Crippen molar-refractivity contribution in [3.8, 4) is 0 Å². The Hall–Kier alpha value is -1.68. The van der Waals surface area contributed by atoms with Crippen molar-refractivity contribution >= 4 is 17.5 Å². The van der Waals surface area contributed by atoms with Gasteiger partial charge in [0.2, 0.25) is 5.91 Å². The predicted octanol–water partition coefficient (Wildman–Crippen LogP) is 2.55. The zero-order chi connectivity index (χ0) is 14.8. The van der Waals surface area contributed by atoms with Crippen LogP contribution in [0.2, 0.25) is 0 Å². The van der Waals surface area contributed by atoms with Crippen LogP contribution < -0.4 is 10.2 Å². The monoisotopic (exact) mass is 286 g/mol. The number of hydrogen-bond acceptors (Lipinski definition) is 3. The second kappa shape index (κ2) is 5.98. The van der Waals surface area contributed by atoms with Gasteiger partial charge >= 0.3 is 0 Å². The molecule has 1 saturated heterocycles. The number of amides is 2. The Morgan fingerprint density at radius 2 is 1.90 bits per heavy atom. The summed E-state index contributed by atoms with van der Waals surface area (Å²) < 4.78 is 0. The zero-order valence-corrected chi connectivity index (χ0v) is 12.5. The summed E-state index contributed by atoms with van der Waals surface area (Å²) in [5.41, 5.74) is 1.75. The Balaban J connectivity index is 1.72. The summed E-state index contributed by atoms with van der Waals surface area (Å²) >= 11 is 0. The summed E-state index contributed by atoms with van der Waals surface area (Å²) in [6.07, 6.45) is 6.22. The van der Waals surface area contributed by atoms with Crippen molar-refractivity contribution in [1.29, 1.82) is 0 Å². The largest absolute Gasteiger partial charge is 0.303 e. The number of nitrogens with one attached hydrogen (secondary N) is 1. The van der Waals surface area contributed by atoms with Crippen molar-refractivity contribution in [1.82, 2.24) is 5.32 Å². The van der Waals surface area contributed by atoms with Crippen molar-refractivity contribution in [2.45, 2.75) is 57.5 Å². The lowest BCUT2D eigenvalue weighted by Gasteiger charge is -2.25. The Kier molecular flexibility index (Phi) is 4.06. The van der Waals surface area contributed by atoms with Gasteiger partial charge in [-0.3, -0.25) is 9.59 Å². The lowest BCUT2D eigenvalue weighted by Crippen LogP contribution is -2.44. The first kappa shape index (κ1) is 14.3. The van der Waals surface area contributed by atoms with Gasteiger partial charge in [0.1, 0.15) is 0 Å². The topological polar surface area (TPSA) is 49.4 Å². The number of carbonyl (C=O) groups excluding carboxylic acids is 2. The number of benzene rings is 1. The van der Waals surface area contributed by atoms with Crippen LogP contribution in [0.4, 0.5) is 5.69 Å². The first-order valence-electron chi connectivity index (χ1n) is 7.84. The van der Waals surface area contributed by atoms with Gasteiger partial charge in [0, 0.05) is 6.04 Å². The molecular formula is C17H22N2O2. The molecule has 0 unspecified atom stereocenters. The molecule has 2 fully saturated rings. The third-order valence-electron chi connectivity index (χ3n) is 4.45. The van der Waals surface area contributed by atoms with Gasteiger partial charge in [-0.25, -0.2) is 4.90 Å². The van der Waals surface area contributed by atoms with Crippen LogP contribution in [0.1, 0.15) is 44.1 Å². The predicted molar refractivity (Wildman–Crippen MR) is 82.1 cm³/mol. The minimum absolute atomic E-state index is 0.0982. The highest BCUT2D eigenvalue weighted by atomic mass is 16.2. The second-order valence-electron chi connectivity index (χ2n) is 6.16. The molecule has 0 aromatic heterocycles. The van der Waals surface area contributed by atoms with Crippen LogP contribution in [0.25, 0.3) is 0 Å². The fourth-order valence-corrected chi connectivity index (χ4v) is 3.35. The van der Waals surface area contributed by atoms with Gasteiger partial charge in [-0.15, -0.1) is 0 Å². The Morgan fingerprint density at radius 3 is 2.62 bits per heavy atom. The molecule has 1 aromatic carbocycles. The van der Waals surface area contributed by atoms with Crippen molar-refractivity contribution in [2.75, 3.05) is 4.90 Å². The third-order valence-corrected chi connectivity index (χ3v) is 4.45. The molecule has 3 rings (SSSR count). The smallest absolute Gasteiger partial charge is 0.251 e. The number of imide groups is 1. The minimum atomic E-state index is -0.346. The first-order valence-corrected chi connectivity index (χ1v) is 7.84. The maximum Gasteiger partial charge on any atom is 0.251 e. The van der Waals surface area contributed by atoms with Crippen molar-refractivity contribution in [3.63, 3.8) is 0 Å². The number of aryl methyl sites for hydroxylation is 1. The molecule has 112 valence electrons. The fraction of sp³-hybridized carbons (Fsp3) is 0.529. The summed E-state index contributed by atoms with van der Waals surface area (Å²) in [5.74, 6) is -0.199. The lowest BCUT2D eigenvalue weighted by molar-refractivity contribution is -0.121. The quantitative estimate of drug-likeness (QED) is 0.869. The van der Waals surface area contributed by atoms with E-state index in [1.54, 1.807) is 0 Å². The summed E-state index contributed by atoms with van der Waals surface area (Å²) in [6, 6.07) is 7.60. The molecule has 4 heteroatoms. The molecule has 4 nitrogen and oxygen atoms in total. The normalized spacial score (nSPS) is 23.9. The molecule has 1 saturated carbocycles. The van der Waals surface area contributed by atoms with E-state index in [0.29, 0.717) is 11.7 Å². The van der Waals surface area contributed by atoms with Crippen molar-refractivity contribution < 1.29 is 9.59 Å². The highest BCUT2D eigenvalue weighted by Gasteiger charge is 2.40. The van der Waals surface area contributed by atoms with Crippen LogP contribution in [-0.2, 0) is 9.59 Å². The molecular weight excluding hydrogens is 264 g/mol. The van der Waals surface area contributed by atoms with E-state index in [1.165, 1.54) is 24.2 Å². The SMILES string of the molecule is Cc1cccc(N2C(=O)C[C@@H](NC3CCCCC3)C2=O)c1. The molecule has 2 aliphatic rings. The molecule has 0 spiro atoms. The van der Waals surface area contributed by atoms with Gasteiger partial charge in [-0.05, 0) is 37.5 Å². The number of hydrogen-bond donors (Lipinski definition) is 1. The molecule has 1 aromatic rings.